The Bertz CT molecular complexity index is 5460. The third-order valence-electron chi connectivity index (χ3n) is 16.9. The Morgan fingerprint density at radius 1 is 0.253 bits per heavy atom. The van der Waals surface area contributed by atoms with E-state index < -0.39 is 0 Å². The van der Waals surface area contributed by atoms with Gasteiger partial charge in [0.15, 0.2) is 11.5 Å². The average Bonchev–Trinajstić information content (AvgIpc) is 1.94. The highest BCUT2D eigenvalue weighted by atomic mass is 15.2. The number of para-hydroxylation sites is 2. The van der Waals surface area contributed by atoms with Gasteiger partial charge in [0, 0.05) is 60.7 Å². The van der Waals surface area contributed by atoms with Gasteiger partial charge in [0.25, 0.3) is 0 Å². The molecule has 0 aliphatic heterocycles. The minimum Gasteiger partial charge on any atom is -0.309 e. The minimum atomic E-state index is 0.562. The molecule has 0 saturated carbocycles. The summed E-state index contributed by atoms with van der Waals surface area (Å²) in [6.07, 6.45) is 0. The van der Waals surface area contributed by atoms with Crippen LogP contribution in [0.3, 0.4) is 0 Å². The third-order valence-corrected chi connectivity index (χ3v) is 16.9. The van der Waals surface area contributed by atoms with Crippen LogP contribution < -0.4 is 0 Å². The van der Waals surface area contributed by atoms with Crippen molar-refractivity contribution >= 4 is 65.5 Å². The molecule has 0 radical (unpaired) electrons. The molecule has 0 fully saturated rings. The Morgan fingerprint density at radius 2 is 0.736 bits per heavy atom. The number of aromatic nitrogens is 8. The standard InChI is InChI=1S/C79H50N8/c1-6-20-51(21-7-1)52-34-36-54(37-35-52)67-50-68(81-76(80-67)57-25-10-3-11-26-57)55-38-43-62(44-39-55)85-69-33-19-18-32-64(69)65-48-59(41-45-70(65)85)60-42-46-71-66(49-60)73-63-31-17-16-22-53(63)40-47-72(73)87(71)79-83-74(56-23-8-2-9-24-56)75-78(84-79)86(61-29-14-5-15-30-61)77(82-75)58-27-12-4-13-28-58/h1-50H. The van der Waals surface area contributed by atoms with E-state index in [4.69, 9.17) is 24.9 Å². The third kappa shape index (κ3) is 8.49. The lowest BCUT2D eigenvalue weighted by atomic mass is 9.99. The summed E-state index contributed by atoms with van der Waals surface area (Å²) in [5.74, 6) is 2.04. The molecule has 0 bridgehead atoms. The van der Waals surface area contributed by atoms with Gasteiger partial charge in [-0.15, -0.1) is 0 Å². The lowest BCUT2D eigenvalue weighted by Crippen LogP contribution is -2.05. The zero-order valence-electron chi connectivity index (χ0n) is 46.9. The van der Waals surface area contributed by atoms with Crippen LogP contribution in [0, 0.1) is 0 Å². The fourth-order valence-corrected chi connectivity index (χ4v) is 12.8. The largest absolute Gasteiger partial charge is 0.309 e. The van der Waals surface area contributed by atoms with Gasteiger partial charge in [0.2, 0.25) is 5.95 Å². The number of hydrogen-bond acceptors (Lipinski definition) is 5. The molecule has 0 saturated heterocycles. The fourth-order valence-electron chi connectivity index (χ4n) is 12.8. The number of nitrogens with zero attached hydrogens (tertiary/aromatic N) is 8. The Labute approximate surface area is 500 Å². The number of hydrogen-bond donors (Lipinski definition) is 0. The van der Waals surface area contributed by atoms with Crippen molar-refractivity contribution in [2.24, 2.45) is 0 Å². The van der Waals surface area contributed by atoms with Crippen molar-refractivity contribution < 1.29 is 0 Å². The van der Waals surface area contributed by atoms with Gasteiger partial charge in [-0.25, -0.2) is 19.9 Å². The second kappa shape index (κ2) is 20.5. The second-order valence-electron chi connectivity index (χ2n) is 22.0. The predicted molar refractivity (Wildman–Crippen MR) is 356 cm³/mol. The van der Waals surface area contributed by atoms with Gasteiger partial charge in [0.05, 0.1) is 33.5 Å². The first-order valence-electron chi connectivity index (χ1n) is 29.3. The summed E-state index contributed by atoms with van der Waals surface area (Å²) in [7, 11) is 0. The van der Waals surface area contributed by atoms with Crippen LogP contribution in [0.4, 0.5) is 0 Å². The summed E-state index contributed by atoms with van der Waals surface area (Å²) in [5.41, 5.74) is 19.8. The topological polar surface area (TPSA) is 79.2 Å². The van der Waals surface area contributed by atoms with E-state index in [0.29, 0.717) is 11.8 Å². The molecule has 0 amide bonds. The first kappa shape index (κ1) is 49.7. The highest BCUT2D eigenvalue weighted by molar-refractivity contribution is 6.22. The maximum Gasteiger partial charge on any atom is 0.237 e. The number of rotatable bonds is 10. The Kier molecular flexibility index (Phi) is 11.7. The van der Waals surface area contributed by atoms with Crippen LogP contribution in [0.5, 0.6) is 0 Å². The van der Waals surface area contributed by atoms with E-state index >= 15 is 0 Å². The van der Waals surface area contributed by atoms with Crippen LogP contribution in [0.25, 0.3) is 162 Å². The molecule has 5 aromatic heterocycles. The molecule has 5 heterocycles. The van der Waals surface area contributed by atoms with Crippen LogP contribution >= 0.6 is 0 Å². The van der Waals surface area contributed by atoms with Gasteiger partial charge < -0.3 is 4.57 Å². The summed E-state index contributed by atoms with van der Waals surface area (Å²) in [5, 5.41) is 6.94. The lowest BCUT2D eigenvalue weighted by molar-refractivity contribution is 0.990. The Hall–Kier alpha value is -11.9. The highest BCUT2D eigenvalue weighted by Crippen LogP contribution is 2.42. The van der Waals surface area contributed by atoms with Gasteiger partial charge >= 0.3 is 0 Å². The molecule has 8 nitrogen and oxygen atoms in total. The molecular formula is C79H50N8. The number of imidazole rings is 1. The van der Waals surface area contributed by atoms with Crippen molar-refractivity contribution in [2.45, 2.75) is 0 Å². The second-order valence-corrected chi connectivity index (χ2v) is 22.0. The maximum atomic E-state index is 5.58. The molecule has 17 aromatic rings. The van der Waals surface area contributed by atoms with Gasteiger partial charge in [-0.2, -0.15) is 4.98 Å². The summed E-state index contributed by atoms with van der Waals surface area (Å²) in [6, 6.07) is 107. The molecule has 0 unspecified atom stereocenters. The first-order chi connectivity index (χ1) is 43.1. The van der Waals surface area contributed by atoms with E-state index in [0.717, 1.165) is 134 Å². The number of benzene rings is 12. The SMILES string of the molecule is c1ccc(-c2ccc(-c3cc(-c4ccc(-n5c6ccccc6c6cc(-c7ccc8c(c7)c7c9ccccc9ccc7n8-c7nc(-c8ccccc8)c8nc(-c9ccccc9)n(-c9ccccc9)c8n7)ccc65)cc4)nc(-c4ccccc4)n3)cc2)cc1. The molecule has 0 aliphatic rings. The van der Waals surface area contributed by atoms with Gasteiger partial charge in [-0.05, 0) is 99.8 Å². The normalized spacial score (nSPS) is 11.7. The van der Waals surface area contributed by atoms with E-state index in [1.807, 2.05) is 42.5 Å². The molecule has 0 spiro atoms. The number of fused-ring (bicyclic) bond motifs is 9. The van der Waals surface area contributed by atoms with Gasteiger partial charge in [-0.1, -0.05) is 237 Å². The van der Waals surface area contributed by atoms with Crippen LogP contribution in [0.1, 0.15) is 0 Å². The van der Waals surface area contributed by atoms with Crippen molar-refractivity contribution in [3.8, 4) is 96.1 Å². The quantitative estimate of drug-likeness (QED) is 0.136. The summed E-state index contributed by atoms with van der Waals surface area (Å²) >= 11 is 0. The van der Waals surface area contributed by atoms with Crippen LogP contribution in [0.15, 0.2) is 303 Å². The zero-order valence-corrected chi connectivity index (χ0v) is 46.9. The van der Waals surface area contributed by atoms with Crippen LogP contribution in [0.2, 0.25) is 0 Å². The molecule has 406 valence electrons. The Morgan fingerprint density at radius 3 is 1.41 bits per heavy atom. The van der Waals surface area contributed by atoms with Gasteiger partial charge in [0.1, 0.15) is 17.0 Å². The van der Waals surface area contributed by atoms with Crippen molar-refractivity contribution in [1.82, 2.24) is 38.6 Å². The summed E-state index contributed by atoms with van der Waals surface area (Å²) in [4.78, 5) is 26.8. The Balaban J connectivity index is 0.791. The zero-order chi connectivity index (χ0) is 57.4. The van der Waals surface area contributed by atoms with Crippen LogP contribution in [-0.4, -0.2) is 38.6 Å². The van der Waals surface area contributed by atoms with Crippen molar-refractivity contribution in [2.75, 3.05) is 0 Å². The molecule has 0 atom stereocenters. The molecule has 8 heteroatoms. The summed E-state index contributed by atoms with van der Waals surface area (Å²) in [6.45, 7) is 0. The van der Waals surface area contributed by atoms with E-state index in [1.54, 1.807) is 0 Å². The van der Waals surface area contributed by atoms with Crippen LogP contribution in [-0.2, 0) is 0 Å². The molecule has 17 rings (SSSR count). The van der Waals surface area contributed by atoms with Gasteiger partial charge in [-0.3, -0.25) is 9.13 Å². The fraction of sp³-hybridized carbons (Fsp3) is 0. The highest BCUT2D eigenvalue weighted by Gasteiger charge is 2.25. The molecular weight excluding hydrogens is 1060 g/mol. The molecule has 87 heavy (non-hydrogen) atoms. The van der Waals surface area contributed by atoms with E-state index in [-0.39, 0.29) is 0 Å². The molecule has 12 aromatic carbocycles. The predicted octanol–water partition coefficient (Wildman–Crippen LogP) is 19.6. The molecule has 0 N–H and O–H groups in total. The maximum absolute atomic E-state index is 5.58. The minimum absolute atomic E-state index is 0.562. The summed E-state index contributed by atoms with van der Waals surface area (Å²) < 4.78 is 6.80. The van der Waals surface area contributed by atoms with E-state index in [2.05, 4.69) is 275 Å². The monoisotopic (exact) mass is 1110 g/mol. The molecule has 0 aliphatic carbocycles. The van der Waals surface area contributed by atoms with Crippen molar-refractivity contribution in [1.29, 1.82) is 0 Å². The van der Waals surface area contributed by atoms with E-state index in [1.165, 1.54) is 16.3 Å². The van der Waals surface area contributed by atoms with Crippen molar-refractivity contribution in [3.05, 3.63) is 303 Å². The van der Waals surface area contributed by atoms with Crippen molar-refractivity contribution in [3.63, 3.8) is 0 Å². The lowest BCUT2D eigenvalue weighted by Gasteiger charge is -2.12. The average molecular weight is 1110 g/mol. The smallest absolute Gasteiger partial charge is 0.237 e. The first-order valence-corrected chi connectivity index (χ1v) is 29.3. The van der Waals surface area contributed by atoms with E-state index in [9.17, 15) is 0 Å².